The number of hydrogen-bond donors (Lipinski definition) is 2. The molecule has 1 saturated carbocycles. The first kappa shape index (κ1) is 32.2. The Bertz CT molecular complexity index is 1380. The monoisotopic (exact) mass is 603 g/mol. The van der Waals surface area contributed by atoms with Crippen molar-refractivity contribution in [3.8, 4) is 0 Å². The van der Waals surface area contributed by atoms with Gasteiger partial charge in [0.05, 0.1) is 18.0 Å². The molecule has 2 amide bonds. The lowest BCUT2D eigenvalue weighted by Crippen LogP contribution is -2.51. The van der Waals surface area contributed by atoms with E-state index in [1.807, 2.05) is 6.92 Å². The summed E-state index contributed by atoms with van der Waals surface area (Å²) in [6.45, 7) is 6.22. The molecule has 0 bridgehead atoms. The predicted molar refractivity (Wildman–Crippen MR) is 153 cm³/mol. The van der Waals surface area contributed by atoms with Crippen LogP contribution >= 0.6 is 0 Å². The molecule has 232 valence electrons. The summed E-state index contributed by atoms with van der Waals surface area (Å²) in [5.74, 6) is -2.27. The van der Waals surface area contributed by atoms with Crippen LogP contribution < -0.4 is 5.32 Å². The third kappa shape index (κ3) is 7.08. The van der Waals surface area contributed by atoms with Gasteiger partial charge in [0, 0.05) is 17.7 Å². The highest BCUT2D eigenvalue weighted by molar-refractivity contribution is 6.46. The number of amides is 2. The Kier molecular flexibility index (Phi) is 9.61. The molecule has 11 heteroatoms. The molecule has 0 unspecified atom stereocenters. The van der Waals surface area contributed by atoms with Gasteiger partial charge in [0.2, 0.25) is 0 Å². The summed E-state index contributed by atoms with van der Waals surface area (Å²) < 4.78 is 55.1. The molecule has 2 aromatic rings. The Morgan fingerprint density at radius 2 is 1.77 bits per heavy atom. The van der Waals surface area contributed by atoms with Crippen LogP contribution in [-0.2, 0) is 15.8 Å². The maximum Gasteiger partial charge on any atom is 0.416 e. The van der Waals surface area contributed by atoms with E-state index in [0.29, 0.717) is 49.1 Å². The van der Waals surface area contributed by atoms with Crippen molar-refractivity contribution in [3.63, 3.8) is 0 Å². The lowest BCUT2D eigenvalue weighted by Gasteiger charge is -2.46. The van der Waals surface area contributed by atoms with Crippen molar-refractivity contribution in [2.24, 2.45) is 16.8 Å². The highest BCUT2D eigenvalue weighted by Gasteiger charge is 2.52. The lowest BCUT2D eigenvalue weighted by atomic mass is 9.76. The van der Waals surface area contributed by atoms with E-state index in [1.54, 1.807) is 29.2 Å². The van der Waals surface area contributed by atoms with Gasteiger partial charge in [0.25, 0.3) is 11.8 Å². The maximum atomic E-state index is 14.4. The van der Waals surface area contributed by atoms with Gasteiger partial charge in [-0.2, -0.15) is 13.2 Å². The van der Waals surface area contributed by atoms with Crippen molar-refractivity contribution in [1.29, 1.82) is 0 Å². The molecular weight excluding hydrogens is 566 g/mol. The fraction of sp³-hybridized carbons (Fsp3) is 0.500. The summed E-state index contributed by atoms with van der Waals surface area (Å²) in [4.78, 5) is 44.0. The number of hydrogen-bond acceptors (Lipinski definition) is 4. The van der Waals surface area contributed by atoms with Crippen molar-refractivity contribution in [3.05, 3.63) is 70.5 Å². The van der Waals surface area contributed by atoms with Gasteiger partial charge < -0.3 is 15.3 Å². The van der Waals surface area contributed by atoms with Crippen LogP contribution in [0.3, 0.4) is 0 Å². The van der Waals surface area contributed by atoms with E-state index >= 15 is 0 Å². The van der Waals surface area contributed by atoms with E-state index < -0.39 is 47.0 Å². The second kappa shape index (κ2) is 12.9. The number of carboxylic acid groups (broad SMARTS) is 1. The first-order valence-electron chi connectivity index (χ1n) is 14.7. The van der Waals surface area contributed by atoms with E-state index in [1.165, 1.54) is 0 Å². The minimum Gasteiger partial charge on any atom is -0.481 e. The van der Waals surface area contributed by atoms with Crippen LogP contribution in [0.2, 0.25) is 0 Å². The molecule has 7 nitrogen and oxygen atoms in total. The van der Waals surface area contributed by atoms with E-state index in [0.717, 1.165) is 30.5 Å². The number of halogens is 4. The smallest absolute Gasteiger partial charge is 0.416 e. The quantitative estimate of drug-likeness (QED) is 0.293. The largest absolute Gasteiger partial charge is 0.481 e. The molecule has 4 rings (SSSR count). The van der Waals surface area contributed by atoms with Gasteiger partial charge >= 0.3 is 12.1 Å². The van der Waals surface area contributed by atoms with Crippen molar-refractivity contribution in [2.75, 3.05) is 6.54 Å². The third-order valence-electron chi connectivity index (χ3n) is 8.52. The van der Waals surface area contributed by atoms with Gasteiger partial charge in [-0.15, -0.1) is 0 Å². The van der Waals surface area contributed by atoms with Gasteiger partial charge in [-0.05, 0) is 79.8 Å². The third-order valence-corrected chi connectivity index (χ3v) is 8.52. The van der Waals surface area contributed by atoms with Crippen molar-refractivity contribution < 1.29 is 37.1 Å². The summed E-state index contributed by atoms with van der Waals surface area (Å²) in [5.41, 5.74) is -1.50. The lowest BCUT2D eigenvalue weighted by molar-refractivity contribution is -0.138. The van der Waals surface area contributed by atoms with E-state index in [2.05, 4.69) is 19.2 Å². The zero-order valence-corrected chi connectivity index (χ0v) is 24.5. The molecule has 0 aromatic heterocycles. The fourth-order valence-corrected chi connectivity index (χ4v) is 6.20. The fourth-order valence-electron chi connectivity index (χ4n) is 6.20. The van der Waals surface area contributed by atoms with Crippen LogP contribution in [0.4, 0.5) is 17.6 Å². The number of carboxylic acids is 1. The van der Waals surface area contributed by atoms with Crippen LogP contribution in [0.5, 0.6) is 0 Å². The van der Waals surface area contributed by atoms with Crippen molar-refractivity contribution >= 4 is 23.5 Å². The molecule has 1 fully saturated rings. The number of nitrogens with one attached hydrogen (secondary N) is 1. The van der Waals surface area contributed by atoms with E-state index in [4.69, 9.17) is 10.1 Å². The molecule has 1 aliphatic heterocycles. The topological polar surface area (TPSA) is 99.1 Å². The van der Waals surface area contributed by atoms with Crippen LogP contribution in [0.15, 0.2) is 47.5 Å². The second-order valence-corrected chi connectivity index (χ2v) is 11.8. The van der Waals surface area contributed by atoms with E-state index in [9.17, 15) is 31.9 Å². The van der Waals surface area contributed by atoms with Crippen LogP contribution in [-0.4, -0.2) is 45.7 Å². The summed E-state index contributed by atoms with van der Waals surface area (Å²) in [6.07, 6.45) is -1.18. The molecular formula is C32H37F4N3O4. The first-order chi connectivity index (χ1) is 20.3. The number of aliphatic carboxylic acids is 1. The number of rotatable bonds is 10. The Morgan fingerprint density at radius 1 is 1.12 bits per heavy atom. The molecule has 1 heterocycles. The molecule has 2 aliphatic rings. The number of carbonyl (C=O) groups excluding carboxylic acids is 2. The molecule has 1 aliphatic carbocycles. The normalized spacial score (nSPS) is 21.3. The number of aliphatic imine (C=N–C) groups is 1. The number of carbonyl (C=O) groups is 3. The standard InChI is InChI=1S/C32H37F4N3O4/c1-4-5-26(21-6-8-22(9-7-21)29(42)37-15-12-27(40)41)39-30(43)28(23-16-24(32(34,35)36)18-25(33)17-23)38-31(39)13-10-20(11-14-31)19(2)3/h6-9,16-20,26H,4-5,10-15H2,1-3H3,(H,37,42)(H,40,41)/t20?,26-,31?/m1/s1. The molecule has 1 atom stereocenters. The van der Waals surface area contributed by atoms with Gasteiger partial charge in [0.1, 0.15) is 17.2 Å². The predicted octanol–water partition coefficient (Wildman–Crippen LogP) is 6.76. The molecule has 1 spiro atoms. The zero-order chi connectivity index (χ0) is 31.5. The average Bonchev–Trinajstić information content (AvgIpc) is 3.22. The first-order valence-corrected chi connectivity index (χ1v) is 14.7. The Labute approximate surface area is 248 Å². The highest BCUT2D eigenvalue weighted by Crippen LogP contribution is 2.48. The number of alkyl halides is 3. The van der Waals surface area contributed by atoms with Gasteiger partial charge in [-0.3, -0.25) is 19.4 Å². The maximum absolute atomic E-state index is 14.4. The van der Waals surface area contributed by atoms with Crippen LogP contribution in [0, 0.1) is 17.7 Å². The molecule has 43 heavy (non-hydrogen) atoms. The Hall–Kier alpha value is -3.76. The molecule has 2 N–H and O–H groups in total. The van der Waals surface area contributed by atoms with Crippen molar-refractivity contribution in [2.45, 2.75) is 83.6 Å². The highest BCUT2D eigenvalue weighted by atomic mass is 19.4. The van der Waals surface area contributed by atoms with Gasteiger partial charge in [-0.25, -0.2) is 4.39 Å². The summed E-state index contributed by atoms with van der Waals surface area (Å²) in [7, 11) is 0. The summed E-state index contributed by atoms with van der Waals surface area (Å²) in [6, 6.07) is 8.28. The minimum atomic E-state index is -4.79. The summed E-state index contributed by atoms with van der Waals surface area (Å²) >= 11 is 0. The molecule has 0 radical (unpaired) electrons. The van der Waals surface area contributed by atoms with Crippen LogP contribution in [0.1, 0.15) is 98.8 Å². The Balaban J connectivity index is 1.72. The van der Waals surface area contributed by atoms with Crippen LogP contribution in [0.25, 0.3) is 0 Å². The second-order valence-electron chi connectivity index (χ2n) is 11.8. The number of nitrogens with zero attached hydrogens (tertiary/aromatic N) is 2. The zero-order valence-electron chi connectivity index (χ0n) is 24.5. The minimum absolute atomic E-state index is 0.0210. The Morgan fingerprint density at radius 3 is 2.33 bits per heavy atom. The average molecular weight is 604 g/mol. The molecule has 2 aromatic carbocycles. The van der Waals surface area contributed by atoms with E-state index in [-0.39, 0.29) is 24.2 Å². The van der Waals surface area contributed by atoms with Gasteiger partial charge in [0.15, 0.2) is 0 Å². The summed E-state index contributed by atoms with van der Waals surface area (Å²) in [5, 5.41) is 11.4. The SMILES string of the molecule is CCC[C@H](c1ccc(C(=O)NCCC(=O)O)cc1)N1C(=O)C(c2cc(F)cc(C(F)(F)F)c2)=NC12CCC(C(C)C)CC2. The van der Waals surface area contributed by atoms with Crippen molar-refractivity contribution in [1.82, 2.24) is 10.2 Å². The number of benzene rings is 2. The molecule has 0 saturated heterocycles. The van der Waals surface area contributed by atoms with Gasteiger partial charge in [-0.1, -0.05) is 39.3 Å².